The first-order chi connectivity index (χ1) is 13.9. The number of carbonyl (C=O) groups excluding carboxylic acids is 1. The zero-order valence-electron chi connectivity index (χ0n) is 15.8. The van der Waals surface area contributed by atoms with Gasteiger partial charge in [0.25, 0.3) is 5.91 Å². The number of aliphatic imine (C=N–C) groups is 1. The minimum Gasteiger partial charge on any atom is -0.348 e. The van der Waals surface area contributed by atoms with Crippen molar-refractivity contribution in [2.24, 2.45) is 4.99 Å². The van der Waals surface area contributed by atoms with E-state index < -0.39 is 5.91 Å². The third-order valence-corrected chi connectivity index (χ3v) is 4.37. The molecule has 0 bridgehead atoms. The van der Waals surface area contributed by atoms with Crippen LogP contribution in [-0.4, -0.2) is 38.3 Å². The highest BCUT2D eigenvalue weighted by molar-refractivity contribution is 6.37. The summed E-state index contributed by atoms with van der Waals surface area (Å²) in [5.74, 6) is 0.125. The van der Waals surface area contributed by atoms with Crippen LogP contribution in [0.15, 0.2) is 41.8 Å². The van der Waals surface area contributed by atoms with Crippen molar-refractivity contribution in [2.45, 2.75) is 20.3 Å². The number of hydrogen-bond acceptors (Lipinski definition) is 5. The van der Waals surface area contributed by atoms with Crippen LogP contribution in [0.5, 0.6) is 0 Å². The quantitative estimate of drug-likeness (QED) is 0.422. The maximum absolute atomic E-state index is 12.7. The molecular formula is C19H19Cl2N7O. The van der Waals surface area contributed by atoms with Gasteiger partial charge < -0.3 is 4.98 Å². The summed E-state index contributed by atoms with van der Waals surface area (Å²) in [6, 6.07) is 6.51. The lowest BCUT2D eigenvalue weighted by molar-refractivity contribution is 0.0977. The van der Waals surface area contributed by atoms with Crippen molar-refractivity contribution in [1.29, 1.82) is 0 Å². The topological polar surface area (TPSA) is 108 Å². The number of aryl methyl sites for hydroxylation is 2. The number of H-pyrrole nitrogens is 1. The molecular weight excluding hydrogens is 413 g/mol. The highest BCUT2D eigenvalue weighted by Gasteiger charge is 2.14. The molecule has 10 heteroatoms. The Morgan fingerprint density at radius 2 is 1.93 bits per heavy atom. The number of aromatic nitrogens is 4. The summed E-state index contributed by atoms with van der Waals surface area (Å²) < 4.78 is 0. The molecule has 0 radical (unpaired) electrons. The standard InChI is InChI=1S/C19H19Cl2N7O/c1-11-7-12(2)26-19(25-11)28-18(23-6-5-14-9-22-10-24-14)27-17(29)15-4-3-13(20)8-16(15)21/h3-4,7-10H,5-6H2,1-2H3,(H,22,24)(H2,23,25,26,27,28,29). The molecule has 3 rings (SSSR count). The Kier molecular flexibility index (Phi) is 6.79. The van der Waals surface area contributed by atoms with E-state index in [0.717, 1.165) is 17.1 Å². The first kappa shape index (κ1) is 20.8. The predicted octanol–water partition coefficient (Wildman–Crippen LogP) is 3.56. The average Bonchev–Trinajstić information content (AvgIpc) is 3.14. The van der Waals surface area contributed by atoms with Gasteiger partial charge in [-0.25, -0.2) is 15.0 Å². The van der Waals surface area contributed by atoms with Crippen molar-refractivity contribution < 1.29 is 4.79 Å². The summed E-state index contributed by atoms with van der Waals surface area (Å²) in [6.07, 6.45) is 3.95. The predicted molar refractivity (Wildman–Crippen MR) is 114 cm³/mol. The van der Waals surface area contributed by atoms with E-state index in [1.54, 1.807) is 24.7 Å². The Morgan fingerprint density at radius 3 is 2.59 bits per heavy atom. The summed E-state index contributed by atoms with van der Waals surface area (Å²) in [7, 11) is 0. The van der Waals surface area contributed by atoms with Crippen LogP contribution >= 0.6 is 23.2 Å². The Hall–Kier alpha value is -2.97. The fraction of sp³-hybridized carbons (Fsp3) is 0.211. The van der Waals surface area contributed by atoms with Gasteiger partial charge in [0.1, 0.15) is 0 Å². The SMILES string of the molecule is Cc1cc(C)nc(NC(=NCCc2cnc[nH]2)NC(=O)c2ccc(Cl)cc2Cl)n1. The summed E-state index contributed by atoms with van der Waals surface area (Å²) in [4.78, 5) is 32.8. The minimum absolute atomic E-state index is 0.213. The number of halogens is 2. The fourth-order valence-corrected chi connectivity index (χ4v) is 3.05. The Labute approximate surface area is 177 Å². The molecule has 0 saturated carbocycles. The molecule has 0 aliphatic rings. The van der Waals surface area contributed by atoms with Crippen LogP contribution < -0.4 is 10.6 Å². The maximum Gasteiger partial charge on any atom is 0.259 e. The average molecular weight is 432 g/mol. The molecule has 1 amide bonds. The molecule has 0 fully saturated rings. The molecule has 1 aromatic carbocycles. The lowest BCUT2D eigenvalue weighted by atomic mass is 10.2. The first-order valence-electron chi connectivity index (χ1n) is 8.78. The van der Waals surface area contributed by atoms with E-state index in [9.17, 15) is 4.79 Å². The molecule has 3 N–H and O–H groups in total. The number of nitrogens with one attached hydrogen (secondary N) is 3. The van der Waals surface area contributed by atoms with Crippen molar-refractivity contribution in [3.05, 3.63) is 69.5 Å². The third kappa shape index (κ3) is 6.00. The van der Waals surface area contributed by atoms with Crippen LogP contribution in [0.4, 0.5) is 5.95 Å². The number of guanidine groups is 1. The van der Waals surface area contributed by atoms with Gasteiger partial charge in [-0.15, -0.1) is 0 Å². The lowest BCUT2D eigenvalue weighted by Gasteiger charge is -2.12. The van der Waals surface area contributed by atoms with Crippen LogP contribution in [0, 0.1) is 13.8 Å². The van der Waals surface area contributed by atoms with Crippen LogP contribution in [0.25, 0.3) is 0 Å². The highest BCUT2D eigenvalue weighted by Crippen LogP contribution is 2.20. The summed E-state index contributed by atoms with van der Waals surface area (Å²) in [6.45, 7) is 4.13. The van der Waals surface area contributed by atoms with Crippen LogP contribution in [-0.2, 0) is 6.42 Å². The van der Waals surface area contributed by atoms with Gasteiger partial charge in [-0.1, -0.05) is 23.2 Å². The monoisotopic (exact) mass is 431 g/mol. The molecule has 0 aliphatic heterocycles. The first-order valence-corrected chi connectivity index (χ1v) is 9.53. The number of rotatable bonds is 5. The number of benzene rings is 1. The van der Waals surface area contributed by atoms with Gasteiger partial charge in [0, 0.05) is 41.3 Å². The minimum atomic E-state index is -0.427. The second-order valence-corrected chi connectivity index (χ2v) is 7.08. The van der Waals surface area contributed by atoms with Crippen molar-refractivity contribution in [3.8, 4) is 0 Å². The normalized spacial score (nSPS) is 11.4. The Bertz CT molecular complexity index is 1010. The summed E-state index contributed by atoms with van der Waals surface area (Å²) in [5.41, 5.74) is 2.80. The number of anilines is 1. The van der Waals surface area contributed by atoms with E-state index in [4.69, 9.17) is 23.2 Å². The summed E-state index contributed by atoms with van der Waals surface area (Å²) >= 11 is 12.0. The molecule has 0 atom stereocenters. The van der Waals surface area contributed by atoms with E-state index in [-0.39, 0.29) is 16.5 Å². The van der Waals surface area contributed by atoms with Gasteiger partial charge in [-0.2, -0.15) is 0 Å². The van der Waals surface area contributed by atoms with Crippen molar-refractivity contribution in [2.75, 3.05) is 11.9 Å². The molecule has 29 heavy (non-hydrogen) atoms. The van der Waals surface area contributed by atoms with Gasteiger partial charge in [-0.05, 0) is 38.1 Å². The molecule has 2 heterocycles. The van der Waals surface area contributed by atoms with Gasteiger partial charge in [0.2, 0.25) is 11.9 Å². The Balaban J connectivity index is 1.79. The molecule has 150 valence electrons. The number of nitrogens with zero attached hydrogens (tertiary/aromatic N) is 4. The maximum atomic E-state index is 12.7. The number of carbonyl (C=O) groups is 1. The van der Waals surface area contributed by atoms with Crippen LogP contribution in [0.3, 0.4) is 0 Å². The zero-order chi connectivity index (χ0) is 20.8. The lowest BCUT2D eigenvalue weighted by Crippen LogP contribution is -2.37. The van der Waals surface area contributed by atoms with Gasteiger partial charge in [-0.3, -0.25) is 20.4 Å². The van der Waals surface area contributed by atoms with Crippen LogP contribution in [0.2, 0.25) is 10.0 Å². The second kappa shape index (κ2) is 9.49. The number of hydrogen-bond donors (Lipinski definition) is 3. The van der Waals surface area contributed by atoms with E-state index >= 15 is 0 Å². The highest BCUT2D eigenvalue weighted by atomic mass is 35.5. The molecule has 8 nitrogen and oxygen atoms in total. The van der Waals surface area contributed by atoms with Gasteiger partial charge >= 0.3 is 0 Å². The summed E-state index contributed by atoms with van der Waals surface area (Å²) in [5, 5.41) is 6.39. The van der Waals surface area contributed by atoms with E-state index in [1.807, 2.05) is 19.9 Å². The van der Waals surface area contributed by atoms with Crippen LogP contribution in [0.1, 0.15) is 27.4 Å². The zero-order valence-corrected chi connectivity index (χ0v) is 17.3. The van der Waals surface area contributed by atoms with Gasteiger partial charge in [0.15, 0.2) is 0 Å². The molecule has 0 unspecified atom stereocenters. The van der Waals surface area contributed by atoms with E-state index in [1.165, 1.54) is 6.07 Å². The number of amides is 1. The largest absolute Gasteiger partial charge is 0.348 e. The molecule has 0 saturated heterocycles. The fourth-order valence-electron chi connectivity index (χ4n) is 2.56. The second-order valence-electron chi connectivity index (χ2n) is 6.23. The van der Waals surface area contributed by atoms with E-state index in [0.29, 0.717) is 23.9 Å². The molecule has 0 aliphatic carbocycles. The third-order valence-electron chi connectivity index (χ3n) is 3.83. The number of imidazole rings is 1. The van der Waals surface area contributed by atoms with E-state index in [2.05, 4.69) is 35.6 Å². The molecule has 0 spiro atoms. The Morgan fingerprint density at radius 1 is 1.17 bits per heavy atom. The number of aromatic amines is 1. The molecule has 3 aromatic rings. The smallest absolute Gasteiger partial charge is 0.259 e. The van der Waals surface area contributed by atoms with Crippen molar-refractivity contribution in [3.63, 3.8) is 0 Å². The van der Waals surface area contributed by atoms with Crippen molar-refractivity contribution in [1.82, 2.24) is 25.3 Å². The molecule has 2 aromatic heterocycles. The van der Waals surface area contributed by atoms with Gasteiger partial charge in [0.05, 0.1) is 16.9 Å². The van der Waals surface area contributed by atoms with Crippen molar-refractivity contribution >= 4 is 41.0 Å².